The molecule has 10 radical (unpaired) electrons. The van der Waals surface area contributed by atoms with Gasteiger partial charge < -0.3 is 4.42 Å². The molecular weight excluding hydrogens is 324 g/mol. The van der Waals surface area contributed by atoms with Crippen molar-refractivity contribution in [3.63, 3.8) is 0 Å². The molecule has 0 atom stereocenters. The molecule has 2 aliphatic carbocycles. The Morgan fingerprint density at radius 2 is 1.64 bits per heavy atom. The van der Waals surface area contributed by atoms with Crippen LogP contribution in [0.25, 0.3) is 0 Å². The summed E-state index contributed by atoms with van der Waals surface area (Å²) in [5, 5.41) is 10.3. The summed E-state index contributed by atoms with van der Waals surface area (Å²) < 4.78 is 4.92. The fraction of sp³-hybridized carbons (Fsp3) is 0.0625. The van der Waals surface area contributed by atoms with E-state index in [1.54, 1.807) is 0 Å². The van der Waals surface area contributed by atoms with Crippen LogP contribution in [0.1, 0.15) is 5.76 Å². The maximum atomic E-state index is 10.3. The van der Waals surface area contributed by atoms with E-state index in [1.807, 2.05) is 57.8 Å². The van der Waals surface area contributed by atoms with Crippen molar-refractivity contribution in [3.05, 3.63) is 91.7 Å². The second-order valence-electron chi connectivity index (χ2n) is 4.16. The number of hydrogen-bond donors (Lipinski definition) is 0. The summed E-state index contributed by atoms with van der Waals surface area (Å²) in [5.41, 5.74) is 0. The maximum Gasteiger partial charge on any atom is 2.00 e. The Hall–Kier alpha value is -1.13. The molecular formula is C16H14FeN2O3+2. The Morgan fingerprint density at radius 3 is 2.14 bits per heavy atom. The number of furan rings is 1. The van der Waals surface area contributed by atoms with Crippen molar-refractivity contribution in [3.8, 4) is 0 Å². The Labute approximate surface area is 142 Å². The number of aliphatic imine (C=N–C) groups is 1. The third-order valence-electron chi connectivity index (χ3n) is 2.57. The van der Waals surface area contributed by atoms with E-state index in [-0.39, 0.29) is 23.0 Å². The first-order valence-electron chi connectivity index (χ1n) is 6.37. The van der Waals surface area contributed by atoms with Gasteiger partial charge in [-0.05, 0) is 63.9 Å². The monoisotopic (exact) mass is 338 g/mol. The van der Waals surface area contributed by atoms with E-state index >= 15 is 0 Å². The summed E-state index contributed by atoms with van der Waals surface area (Å²) >= 11 is 0. The van der Waals surface area contributed by atoms with Crippen LogP contribution in [0, 0.1) is 73.8 Å². The predicted molar refractivity (Wildman–Crippen MR) is 79.8 cm³/mol. The molecule has 0 spiro atoms. The quantitative estimate of drug-likeness (QED) is 0.367. The van der Waals surface area contributed by atoms with Gasteiger partial charge in [-0.25, -0.2) is 0 Å². The normalized spacial score (nSPS) is 18.0. The van der Waals surface area contributed by atoms with Gasteiger partial charge in [0.1, 0.15) is 4.92 Å². The van der Waals surface area contributed by atoms with Gasteiger partial charge in [-0.15, -0.1) is 0 Å². The smallest absolute Gasteiger partial charge is 0.400 e. The average Bonchev–Trinajstić information content (AvgIpc) is 3.24. The second-order valence-corrected chi connectivity index (χ2v) is 4.16. The van der Waals surface area contributed by atoms with Crippen molar-refractivity contribution in [2.75, 3.05) is 6.54 Å². The Bertz CT molecular complexity index is 456. The summed E-state index contributed by atoms with van der Waals surface area (Å²) in [5.74, 6) is 1.21. The molecule has 5 nitrogen and oxygen atoms in total. The summed E-state index contributed by atoms with van der Waals surface area (Å²) in [6, 6.07) is 2.83. The Morgan fingerprint density at radius 1 is 1.05 bits per heavy atom. The minimum absolute atomic E-state index is 0. The van der Waals surface area contributed by atoms with Crippen molar-refractivity contribution < 1.29 is 26.4 Å². The van der Waals surface area contributed by atoms with Crippen LogP contribution >= 0.6 is 0 Å². The van der Waals surface area contributed by atoms with Crippen LogP contribution in [0.3, 0.4) is 0 Å². The van der Waals surface area contributed by atoms with Crippen molar-refractivity contribution in [1.82, 2.24) is 0 Å². The molecule has 0 unspecified atom stereocenters. The summed E-state index contributed by atoms with van der Waals surface area (Å²) in [6.45, 7) is 0.543. The third kappa shape index (κ3) is 6.75. The molecule has 0 aromatic carbocycles. The predicted octanol–water partition coefficient (Wildman–Crippen LogP) is 3.03. The van der Waals surface area contributed by atoms with Crippen LogP contribution in [-0.2, 0) is 17.1 Å². The molecule has 1 aromatic rings. The average molecular weight is 338 g/mol. The first-order valence-corrected chi connectivity index (χ1v) is 6.37. The zero-order valence-electron chi connectivity index (χ0n) is 11.6. The van der Waals surface area contributed by atoms with E-state index in [9.17, 15) is 10.1 Å². The zero-order valence-corrected chi connectivity index (χ0v) is 12.7. The molecule has 1 aromatic heterocycles. The molecule has 0 N–H and O–H groups in total. The van der Waals surface area contributed by atoms with Gasteiger partial charge in [0.25, 0.3) is 0 Å². The minimum Gasteiger partial charge on any atom is -0.400 e. The molecule has 0 bridgehead atoms. The number of rotatable bonds is 4. The van der Waals surface area contributed by atoms with Crippen molar-refractivity contribution in [2.45, 2.75) is 0 Å². The van der Waals surface area contributed by atoms with E-state index in [0.717, 1.165) is 5.92 Å². The van der Waals surface area contributed by atoms with Gasteiger partial charge in [0, 0.05) is 12.5 Å². The third-order valence-corrected chi connectivity index (χ3v) is 2.57. The molecule has 0 saturated heterocycles. The molecule has 2 aliphatic rings. The Balaban J connectivity index is 0.000000344. The molecule has 6 heteroatoms. The fourth-order valence-electron chi connectivity index (χ4n) is 1.59. The van der Waals surface area contributed by atoms with Crippen LogP contribution in [-0.4, -0.2) is 17.7 Å². The second kappa shape index (κ2) is 10.6. The van der Waals surface area contributed by atoms with Gasteiger partial charge in [0.2, 0.25) is 0 Å². The van der Waals surface area contributed by atoms with Crippen LogP contribution in [0.5, 0.6) is 0 Å². The van der Waals surface area contributed by atoms with E-state index < -0.39 is 4.92 Å². The topological polar surface area (TPSA) is 68.6 Å². The summed E-state index contributed by atoms with van der Waals surface area (Å²) in [7, 11) is 0. The van der Waals surface area contributed by atoms with Crippen molar-refractivity contribution in [1.29, 1.82) is 0 Å². The number of nitro groups is 1. The van der Waals surface area contributed by atoms with Crippen LogP contribution in [0.4, 0.5) is 5.88 Å². The number of nitrogens with zero attached hydrogens (tertiary/aromatic N) is 2. The molecule has 112 valence electrons. The van der Waals surface area contributed by atoms with Crippen LogP contribution < -0.4 is 0 Å². The maximum absolute atomic E-state index is 10.3. The molecule has 1 heterocycles. The largest absolute Gasteiger partial charge is 2.00 e. The molecule has 22 heavy (non-hydrogen) atoms. The van der Waals surface area contributed by atoms with E-state index in [2.05, 4.69) is 4.99 Å². The van der Waals surface area contributed by atoms with Gasteiger partial charge >= 0.3 is 23.0 Å². The molecule has 2 saturated carbocycles. The number of hydrogen-bond acceptors (Lipinski definition) is 4. The van der Waals surface area contributed by atoms with E-state index in [4.69, 9.17) is 4.42 Å². The van der Waals surface area contributed by atoms with Crippen molar-refractivity contribution in [2.24, 2.45) is 4.99 Å². The van der Waals surface area contributed by atoms with E-state index in [0.29, 0.717) is 12.3 Å². The van der Waals surface area contributed by atoms with Crippen LogP contribution in [0.2, 0.25) is 0 Å². The van der Waals surface area contributed by atoms with Gasteiger partial charge in [0.15, 0.2) is 5.76 Å². The van der Waals surface area contributed by atoms with Gasteiger partial charge in [-0.2, -0.15) is 0 Å². The molecule has 3 rings (SSSR count). The summed E-state index contributed by atoms with van der Waals surface area (Å²) in [4.78, 5) is 13.9. The van der Waals surface area contributed by atoms with Gasteiger partial charge in [-0.3, -0.25) is 15.1 Å². The Kier molecular flexibility index (Phi) is 9.09. The first-order chi connectivity index (χ1) is 10.3. The molecule has 0 amide bonds. The minimum atomic E-state index is -0.575. The summed E-state index contributed by atoms with van der Waals surface area (Å²) in [6.07, 6.45) is 19.3. The van der Waals surface area contributed by atoms with Gasteiger partial charge in [-0.1, -0.05) is 0 Å². The zero-order chi connectivity index (χ0) is 14.9. The molecule has 2 fully saturated rings. The van der Waals surface area contributed by atoms with Crippen molar-refractivity contribution >= 4 is 12.1 Å². The van der Waals surface area contributed by atoms with Crippen LogP contribution in [0.15, 0.2) is 21.5 Å². The fourth-order valence-corrected chi connectivity index (χ4v) is 1.59. The SMILES string of the molecule is O=[N+]([O-])c1ccc(C=NC[C]2[CH][CH][CH][CH]2)o1.[CH]1[CH][CH][CH][CH]1.[Fe+2]. The molecule has 0 aliphatic heterocycles. The van der Waals surface area contributed by atoms with E-state index in [1.165, 1.54) is 18.3 Å². The first kappa shape index (κ1) is 18.9. The standard InChI is InChI=1S/C11H9N2O3.C5H5.Fe/c14-13(15)11-6-5-10(16-11)8-12-7-9-3-1-2-4-9;1-2-4-5-3-1;/h1-6,8H,7H2;1-5H;/q;;+2. The van der Waals surface area contributed by atoms with Gasteiger partial charge in [0.05, 0.1) is 12.3 Å².